The number of carboxylic acid groups (broad SMARTS) is 1. The van der Waals surface area contributed by atoms with Gasteiger partial charge in [-0.25, -0.2) is 13.4 Å². The van der Waals surface area contributed by atoms with Crippen molar-refractivity contribution in [2.75, 3.05) is 24.2 Å². The number of rotatable bonds is 17. The maximum Gasteiger partial charge on any atom is 0.323 e. The first-order chi connectivity index (χ1) is 24.4. The minimum Gasteiger partial charge on any atom is -0.480 e. The van der Waals surface area contributed by atoms with E-state index in [1.54, 1.807) is 62.0 Å². The number of benzene rings is 2. The Bertz CT molecular complexity index is 2230. The van der Waals surface area contributed by atoms with E-state index in [0.717, 1.165) is 11.1 Å². The van der Waals surface area contributed by atoms with E-state index in [2.05, 4.69) is 30.6 Å². The summed E-state index contributed by atoms with van der Waals surface area (Å²) in [5.74, 6) is -3.78. The maximum absolute atomic E-state index is 13.6. The van der Waals surface area contributed by atoms with Gasteiger partial charge in [0.1, 0.15) is 17.6 Å². The predicted octanol–water partition coefficient (Wildman–Crippen LogP) is 0.145. The Kier molecular flexibility index (Phi) is 12.5. The molecule has 0 spiro atoms. The van der Waals surface area contributed by atoms with E-state index in [9.17, 15) is 41.1 Å². The lowest BCUT2D eigenvalue weighted by Gasteiger charge is -2.19. The van der Waals surface area contributed by atoms with Gasteiger partial charge in [0.05, 0.1) is 16.2 Å². The first-order valence-corrected chi connectivity index (χ1v) is 18.9. The number of anilines is 1. The molecule has 2 aromatic carbocycles. The molecule has 0 aliphatic heterocycles. The molecule has 2 atom stereocenters. The SMILES string of the molecule is Cc1cc(C)c(S(=O)(=O)NC(CNC(=O)c2cn(CCCNC(=O)[C@@H](N)CS(=O)(=O)O)c3cc(CNc4ncc[nH]4)ccc3c2=O)C(=O)O)c(C)c1. The molecular formula is C32H40N8O10S2. The molecule has 4 aromatic rings. The average molecular weight is 761 g/mol. The Hall–Kier alpha value is -5.15. The number of hydrogen-bond acceptors (Lipinski definition) is 11. The second-order valence-electron chi connectivity index (χ2n) is 12.2. The second kappa shape index (κ2) is 16.5. The van der Waals surface area contributed by atoms with Crippen LogP contribution in [0, 0.1) is 20.8 Å². The fourth-order valence-corrected chi connectivity index (χ4v) is 7.89. The van der Waals surface area contributed by atoms with Gasteiger partial charge in [0.2, 0.25) is 21.4 Å². The van der Waals surface area contributed by atoms with Crippen molar-refractivity contribution < 1.29 is 40.9 Å². The summed E-state index contributed by atoms with van der Waals surface area (Å²) in [4.78, 5) is 58.3. The van der Waals surface area contributed by atoms with Crippen LogP contribution < -0.4 is 31.8 Å². The van der Waals surface area contributed by atoms with Gasteiger partial charge in [-0.1, -0.05) is 23.8 Å². The quantitative estimate of drug-likeness (QED) is 0.0526. The monoisotopic (exact) mass is 760 g/mol. The number of aromatic amines is 1. The Morgan fingerprint density at radius 1 is 1.04 bits per heavy atom. The number of nitrogens with one attached hydrogen (secondary N) is 5. The lowest BCUT2D eigenvalue weighted by molar-refractivity contribution is -0.138. The number of hydrogen-bond donors (Lipinski definition) is 8. The number of carbonyl (C=O) groups excluding carboxylic acids is 2. The van der Waals surface area contributed by atoms with Crippen LogP contribution in [0.4, 0.5) is 5.95 Å². The van der Waals surface area contributed by atoms with Crippen LogP contribution in [-0.4, -0.2) is 89.7 Å². The van der Waals surface area contributed by atoms with Crippen molar-refractivity contribution in [3.8, 4) is 0 Å². The highest BCUT2D eigenvalue weighted by Crippen LogP contribution is 2.22. The summed E-state index contributed by atoms with van der Waals surface area (Å²) in [7, 11) is -8.82. The van der Waals surface area contributed by atoms with Gasteiger partial charge in [-0.15, -0.1) is 0 Å². The maximum atomic E-state index is 13.6. The second-order valence-corrected chi connectivity index (χ2v) is 15.3. The van der Waals surface area contributed by atoms with Crippen LogP contribution in [0.1, 0.15) is 39.0 Å². The summed E-state index contributed by atoms with van der Waals surface area (Å²) in [6.45, 7) is 4.73. The molecule has 0 fully saturated rings. The normalized spacial score (nSPS) is 13.0. The van der Waals surface area contributed by atoms with Gasteiger partial charge in [0.15, 0.2) is 5.95 Å². The number of carboxylic acids is 1. The Labute approximate surface area is 299 Å². The van der Waals surface area contributed by atoms with Gasteiger partial charge in [-0.3, -0.25) is 23.7 Å². The van der Waals surface area contributed by atoms with Crippen LogP contribution in [0.5, 0.6) is 0 Å². The van der Waals surface area contributed by atoms with Crippen molar-refractivity contribution in [2.24, 2.45) is 5.73 Å². The summed E-state index contributed by atoms with van der Waals surface area (Å²) in [5, 5.41) is 17.9. The number of aryl methyl sites for hydroxylation is 4. The molecule has 1 unspecified atom stereocenters. The number of pyridine rings is 1. The van der Waals surface area contributed by atoms with Crippen molar-refractivity contribution in [3.63, 3.8) is 0 Å². The van der Waals surface area contributed by atoms with E-state index < -0.39 is 67.7 Å². The molecule has 2 amide bonds. The van der Waals surface area contributed by atoms with E-state index in [0.29, 0.717) is 29.1 Å². The van der Waals surface area contributed by atoms with Crippen LogP contribution in [-0.2, 0) is 42.8 Å². The summed E-state index contributed by atoms with van der Waals surface area (Å²) >= 11 is 0. The summed E-state index contributed by atoms with van der Waals surface area (Å²) in [6, 6.07) is 4.93. The molecule has 0 aliphatic carbocycles. The van der Waals surface area contributed by atoms with Crippen molar-refractivity contribution >= 4 is 54.8 Å². The number of sulfonamides is 1. The zero-order chi connectivity index (χ0) is 38.4. The molecule has 0 saturated heterocycles. The van der Waals surface area contributed by atoms with E-state index in [1.807, 2.05) is 0 Å². The minimum atomic E-state index is -4.48. The number of fused-ring (bicyclic) bond motifs is 1. The van der Waals surface area contributed by atoms with Crippen LogP contribution >= 0.6 is 0 Å². The van der Waals surface area contributed by atoms with Crippen molar-refractivity contribution in [2.45, 2.75) is 57.3 Å². The lowest BCUT2D eigenvalue weighted by Crippen LogP contribution is -2.49. The van der Waals surface area contributed by atoms with Crippen molar-refractivity contribution in [1.82, 2.24) is 29.9 Å². The van der Waals surface area contributed by atoms with E-state index in [4.69, 9.17) is 10.3 Å². The molecule has 18 nitrogen and oxygen atoms in total. The Morgan fingerprint density at radius 2 is 1.73 bits per heavy atom. The molecule has 0 radical (unpaired) electrons. The molecule has 4 rings (SSSR count). The van der Waals surface area contributed by atoms with E-state index in [1.165, 1.54) is 12.3 Å². The molecular weight excluding hydrogens is 721 g/mol. The number of amides is 2. The zero-order valence-corrected chi connectivity index (χ0v) is 30.1. The number of nitrogens with two attached hydrogens (primary N) is 1. The van der Waals surface area contributed by atoms with Gasteiger partial charge < -0.3 is 36.3 Å². The van der Waals surface area contributed by atoms with Crippen LogP contribution in [0.15, 0.2) is 58.6 Å². The van der Waals surface area contributed by atoms with Crippen LogP contribution in [0.3, 0.4) is 0 Å². The molecule has 0 bridgehead atoms. The third kappa shape index (κ3) is 10.2. The standard InChI is InChI=1S/C32H40N8O10S2/c1-18-11-19(2)28(20(3)12-18)52(49,50)39-25(31(44)45)15-37-29(42)23-16-40(10-4-7-34-30(43)24(33)17-51(46,47)48)26-13-21(5-6-22(26)27(23)41)14-38-32-35-8-9-36-32/h5-6,8-9,11-13,16,24-25,39H,4,7,10,14-15,17,33H2,1-3H3,(H,34,43)(H,37,42)(H,44,45)(H2,35,36,38)(H,46,47,48)/t24-,25?/m0/s1. The molecule has 0 saturated carbocycles. The number of aromatic nitrogens is 3. The summed E-state index contributed by atoms with van der Waals surface area (Å²) < 4.78 is 61.3. The highest BCUT2D eigenvalue weighted by atomic mass is 32.2. The molecule has 280 valence electrons. The first-order valence-electron chi connectivity index (χ1n) is 15.8. The fourth-order valence-electron chi connectivity index (χ4n) is 5.64. The number of aliphatic carboxylic acids is 1. The van der Waals surface area contributed by atoms with Gasteiger partial charge in [-0.2, -0.15) is 13.1 Å². The third-order valence-corrected chi connectivity index (χ3v) is 10.4. The molecule has 52 heavy (non-hydrogen) atoms. The number of carbonyl (C=O) groups is 3. The molecule has 2 aromatic heterocycles. The molecule has 9 N–H and O–H groups in total. The predicted molar refractivity (Wildman–Crippen MR) is 191 cm³/mol. The minimum absolute atomic E-state index is 0.00721. The molecule has 20 heteroatoms. The third-order valence-electron chi connectivity index (χ3n) is 7.89. The van der Waals surface area contributed by atoms with E-state index in [-0.39, 0.29) is 35.4 Å². The smallest absolute Gasteiger partial charge is 0.323 e. The highest BCUT2D eigenvalue weighted by molar-refractivity contribution is 7.89. The van der Waals surface area contributed by atoms with Crippen molar-refractivity contribution in [3.05, 3.63) is 87.0 Å². The van der Waals surface area contributed by atoms with Crippen LogP contribution in [0.25, 0.3) is 10.9 Å². The first kappa shape index (κ1) is 39.6. The zero-order valence-electron chi connectivity index (χ0n) is 28.5. The van der Waals surface area contributed by atoms with Gasteiger partial charge in [-0.05, 0) is 56.0 Å². The van der Waals surface area contributed by atoms with Gasteiger partial charge >= 0.3 is 5.97 Å². The Morgan fingerprint density at radius 3 is 2.35 bits per heavy atom. The number of imidazole rings is 1. The lowest BCUT2D eigenvalue weighted by atomic mass is 10.1. The van der Waals surface area contributed by atoms with E-state index >= 15 is 0 Å². The fraction of sp³-hybridized carbons (Fsp3) is 0.344. The summed E-state index contributed by atoms with van der Waals surface area (Å²) in [5.41, 5.74) is 7.34. The largest absolute Gasteiger partial charge is 0.480 e. The molecule has 0 aliphatic rings. The summed E-state index contributed by atoms with van der Waals surface area (Å²) in [6.07, 6.45) is 4.70. The van der Waals surface area contributed by atoms with Gasteiger partial charge in [0.25, 0.3) is 16.0 Å². The van der Waals surface area contributed by atoms with Gasteiger partial charge in [0, 0.05) is 50.2 Å². The number of H-pyrrole nitrogens is 1. The van der Waals surface area contributed by atoms with Crippen LogP contribution in [0.2, 0.25) is 0 Å². The Balaban J connectivity index is 1.57. The number of nitrogens with zero attached hydrogens (tertiary/aromatic N) is 2. The highest BCUT2D eigenvalue weighted by Gasteiger charge is 2.29. The average Bonchev–Trinajstić information content (AvgIpc) is 3.57. The topological polar surface area (TPSA) is 285 Å². The van der Waals surface area contributed by atoms with Crippen molar-refractivity contribution in [1.29, 1.82) is 0 Å². The molecule has 2 heterocycles.